The van der Waals surface area contributed by atoms with Crippen LogP contribution < -0.4 is 9.47 Å². The number of hydrogen-bond acceptors (Lipinski definition) is 6. The maximum atomic E-state index is 12.9. The molecule has 1 fully saturated rings. The lowest BCUT2D eigenvalue weighted by Crippen LogP contribution is -2.32. The van der Waals surface area contributed by atoms with Crippen LogP contribution in [0.1, 0.15) is 17.2 Å². The molecule has 2 aromatic rings. The number of likely N-dealkylation sites (tertiary alicyclic amines) is 1. The average Bonchev–Trinajstić information content (AvgIpc) is 3.01. The highest BCUT2D eigenvalue weighted by Crippen LogP contribution is 2.42. The van der Waals surface area contributed by atoms with Crippen molar-refractivity contribution in [1.29, 1.82) is 0 Å². The van der Waals surface area contributed by atoms with Crippen molar-refractivity contribution in [2.75, 3.05) is 34.5 Å². The zero-order chi connectivity index (χ0) is 21.0. The van der Waals surface area contributed by atoms with Gasteiger partial charge in [0.2, 0.25) is 0 Å². The fourth-order valence-electron chi connectivity index (χ4n) is 3.42. The van der Waals surface area contributed by atoms with Gasteiger partial charge in [-0.3, -0.25) is 9.59 Å². The van der Waals surface area contributed by atoms with E-state index in [1.807, 2.05) is 0 Å². The van der Waals surface area contributed by atoms with E-state index in [-0.39, 0.29) is 24.5 Å². The van der Waals surface area contributed by atoms with Crippen molar-refractivity contribution in [2.24, 2.45) is 0 Å². The molecule has 0 saturated carbocycles. The van der Waals surface area contributed by atoms with Crippen LogP contribution in [0.4, 0.5) is 0 Å². The van der Waals surface area contributed by atoms with Gasteiger partial charge in [0.1, 0.15) is 17.3 Å². The molecule has 0 bridgehead atoms. The Bertz CT molecular complexity index is 935. The minimum absolute atomic E-state index is 0.0146. The molecule has 1 aliphatic rings. The first-order chi connectivity index (χ1) is 14.0. The Balaban J connectivity index is 2.18. The fraction of sp³-hybridized carbons (Fsp3) is 0.273. The van der Waals surface area contributed by atoms with Crippen LogP contribution in [0.25, 0.3) is 5.76 Å². The summed E-state index contributed by atoms with van der Waals surface area (Å²) in [4.78, 5) is 27.0. The Morgan fingerprint density at radius 3 is 2.31 bits per heavy atom. The lowest BCUT2D eigenvalue weighted by molar-refractivity contribution is -0.140. The number of benzene rings is 2. The summed E-state index contributed by atoms with van der Waals surface area (Å²) in [6, 6.07) is 12.9. The van der Waals surface area contributed by atoms with Crippen LogP contribution in [-0.2, 0) is 14.3 Å². The highest BCUT2D eigenvalue weighted by Gasteiger charge is 2.46. The van der Waals surface area contributed by atoms with E-state index in [1.165, 1.54) is 26.2 Å². The van der Waals surface area contributed by atoms with E-state index in [1.54, 1.807) is 48.5 Å². The fourth-order valence-corrected chi connectivity index (χ4v) is 3.42. The number of ketones is 1. The third-order valence-electron chi connectivity index (χ3n) is 4.87. The number of methoxy groups -OCH3 is 3. The van der Waals surface area contributed by atoms with Crippen LogP contribution in [0.3, 0.4) is 0 Å². The van der Waals surface area contributed by atoms with E-state index in [2.05, 4.69) is 0 Å². The van der Waals surface area contributed by atoms with Crippen molar-refractivity contribution < 1.29 is 28.9 Å². The number of nitrogens with zero attached hydrogens (tertiary/aromatic N) is 1. The van der Waals surface area contributed by atoms with Crippen molar-refractivity contribution >= 4 is 17.4 Å². The predicted octanol–water partition coefficient (Wildman–Crippen LogP) is 2.77. The lowest BCUT2D eigenvalue weighted by atomic mass is 9.94. The summed E-state index contributed by atoms with van der Waals surface area (Å²) in [5, 5.41) is 11.0. The molecule has 2 aromatic carbocycles. The number of carbonyl (C=O) groups is 2. The molecule has 1 N–H and O–H groups in total. The molecule has 1 unspecified atom stereocenters. The number of rotatable bonds is 7. The van der Waals surface area contributed by atoms with Crippen LogP contribution in [0.15, 0.2) is 54.1 Å². The molecule has 7 nitrogen and oxygen atoms in total. The number of aliphatic hydroxyl groups excluding tert-OH is 1. The van der Waals surface area contributed by atoms with Crippen molar-refractivity contribution in [3.8, 4) is 11.5 Å². The summed E-state index contributed by atoms with van der Waals surface area (Å²) in [6.45, 7) is 0.449. The zero-order valence-electron chi connectivity index (χ0n) is 16.5. The maximum absolute atomic E-state index is 12.9. The number of para-hydroxylation sites is 1. The maximum Gasteiger partial charge on any atom is 0.295 e. The van der Waals surface area contributed by atoms with Gasteiger partial charge in [0.15, 0.2) is 0 Å². The number of aliphatic hydroxyl groups is 1. The molecule has 7 heteroatoms. The van der Waals surface area contributed by atoms with Gasteiger partial charge in [-0.2, -0.15) is 0 Å². The Labute approximate surface area is 169 Å². The van der Waals surface area contributed by atoms with Crippen molar-refractivity contribution in [3.05, 3.63) is 65.2 Å². The van der Waals surface area contributed by atoms with Gasteiger partial charge in [0, 0.05) is 24.8 Å². The average molecular weight is 397 g/mol. The zero-order valence-corrected chi connectivity index (χ0v) is 16.5. The molecule has 1 amide bonds. The van der Waals surface area contributed by atoms with Gasteiger partial charge in [-0.1, -0.05) is 18.2 Å². The van der Waals surface area contributed by atoms with Crippen LogP contribution in [0, 0.1) is 0 Å². The molecule has 0 radical (unpaired) electrons. The highest BCUT2D eigenvalue weighted by atomic mass is 16.5. The predicted molar refractivity (Wildman–Crippen MR) is 107 cm³/mol. The van der Waals surface area contributed by atoms with Gasteiger partial charge < -0.3 is 24.2 Å². The van der Waals surface area contributed by atoms with Crippen molar-refractivity contribution in [3.63, 3.8) is 0 Å². The van der Waals surface area contributed by atoms with Gasteiger partial charge in [0.05, 0.1) is 32.4 Å². The smallest absolute Gasteiger partial charge is 0.295 e. The molecule has 152 valence electrons. The number of hydrogen-bond donors (Lipinski definition) is 1. The summed E-state index contributed by atoms with van der Waals surface area (Å²) >= 11 is 0. The van der Waals surface area contributed by atoms with Gasteiger partial charge in [-0.15, -0.1) is 0 Å². The monoisotopic (exact) mass is 397 g/mol. The second-order valence-electron chi connectivity index (χ2n) is 6.46. The quantitative estimate of drug-likeness (QED) is 0.439. The molecule has 29 heavy (non-hydrogen) atoms. The molecular weight excluding hydrogens is 374 g/mol. The number of Topliss-reactive ketones (excluding diaryl/α,β-unsaturated/α-hetero) is 1. The Morgan fingerprint density at radius 1 is 1.00 bits per heavy atom. The number of amides is 1. The van der Waals surface area contributed by atoms with Crippen molar-refractivity contribution in [1.82, 2.24) is 4.90 Å². The minimum Gasteiger partial charge on any atom is -0.507 e. The van der Waals surface area contributed by atoms with Crippen LogP contribution in [0.5, 0.6) is 11.5 Å². The standard InChI is InChI=1S/C22H23NO6/c1-27-13-12-23-19(16-6-4-5-7-17(16)29-3)18(21(25)22(23)26)20(24)14-8-10-15(28-2)11-9-14/h4-11,19,24H,12-13H2,1-3H3/b20-18-. The van der Waals surface area contributed by atoms with E-state index in [9.17, 15) is 14.7 Å². The summed E-state index contributed by atoms with van der Waals surface area (Å²) in [7, 11) is 4.58. The van der Waals surface area contributed by atoms with Crippen LogP contribution >= 0.6 is 0 Å². The summed E-state index contributed by atoms with van der Waals surface area (Å²) < 4.78 is 15.7. The van der Waals surface area contributed by atoms with Crippen molar-refractivity contribution in [2.45, 2.75) is 6.04 Å². The Kier molecular flexibility index (Phi) is 6.19. The lowest BCUT2D eigenvalue weighted by Gasteiger charge is -2.26. The SMILES string of the molecule is COCCN1C(=O)C(=O)/C(=C(\O)c2ccc(OC)cc2)C1c1ccccc1OC. The summed E-state index contributed by atoms with van der Waals surface area (Å²) in [5.41, 5.74) is 1.04. The number of carbonyl (C=O) groups excluding carboxylic acids is 2. The first-order valence-electron chi connectivity index (χ1n) is 9.08. The molecule has 3 rings (SSSR count). The molecule has 1 heterocycles. The Hall–Kier alpha value is -3.32. The number of ether oxygens (including phenoxy) is 3. The Morgan fingerprint density at radius 2 is 1.69 bits per heavy atom. The van der Waals surface area contributed by atoms with Gasteiger partial charge in [-0.05, 0) is 30.3 Å². The summed E-state index contributed by atoms with van der Waals surface area (Å²) in [5.74, 6) is -0.550. The molecule has 0 aliphatic carbocycles. The molecule has 1 saturated heterocycles. The first kappa shape index (κ1) is 20.4. The third kappa shape index (κ3) is 3.82. The van der Waals surface area contributed by atoms with Gasteiger partial charge in [-0.25, -0.2) is 0 Å². The van der Waals surface area contributed by atoms with E-state index < -0.39 is 17.7 Å². The van der Waals surface area contributed by atoms with Gasteiger partial charge >= 0.3 is 0 Å². The largest absolute Gasteiger partial charge is 0.507 e. The van der Waals surface area contributed by atoms with Gasteiger partial charge in [0.25, 0.3) is 11.7 Å². The molecule has 0 aromatic heterocycles. The second kappa shape index (κ2) is 8.79. The van der Waals surface area contributed by atoms with Crippen LogP contribution in [0.2, 0.25) is 0 Å². The normalized spacial score (nSPS) is 18.2. The minimum atomic E-state index is -0.789. The molecule has 0 spiro atoms. The van der Waals surface area contributed by atoms with E-state index in [0.717, 1.165) is 0 Å². The molecular formula is C22H23NO6. The molecule has 1 atom stereocenters. The van der Waals surface area contributed by atoms with E-state index in [4.69, 9.17) is 14.2 Å². The van der Waals surface area contributed by atoms with E-state index >= 15 is 0 Å². The highest BCUT2D eigenvalue weighted by molar-refractivity contribution is 6.46. The first-order valence-corrected chi connectivity index (χ1v) is 9.08. The van der Waals surface area contributed by atoms with Crippen LogP contribution in [-0.4, -0.2) is 56.2 Å². The molecule has 1 aliphatic heterocycles. The second-order valence-corrected chi connectivity index (χ2v) is 6.46. The summed E-state index contributed by atoms with van der Waals surface area (Å²) in [6.07, 6.45) is 0. The topological polar surface area (TPSA) is 85.3 Å². The van der Waals surface area contributed by atoms with E-state index in [0.29, 0.717) is 22.6 Å². The third-order valence-corrected chi connectivity index (χ3v) is 4.87.